The first kappa shape index (κ1) is 16.6. The van der Waals surface area contributed by atoms with Crippen LogP contribution < -0.4 is 5.32 Å². The summed E-state index contributed by atoms with van der Waals surface area (Å²) in [6.45, 7) is 3.48. The summed E-state index contributed by atoms with van der Waals surface area (Å²) in [4.78, 5) is 30.4. The molecule has 0 fully saturated rings. The first-order valence-electron chi connectivity index (χ1n) is 8.09. The molecule has 0 radical (unpaired) electrons. The zero-order valence-electron chi connectivity index (χ0n) is 13.8. The molecule has 2 heterocycles. The Balaban J connectivity index is 1.61. The molecular weight excluding hydrogens is 324 g/mol. The lowest BCUT2D eigenvalue weighted by Crippen LogP contribution is -2.30. The van der Waals surface area contributed by atoms with Crippen LogP contribution in [0.15, 0.2) is 24.4 Å². The number of anilines is 1. The Kier molecular flexibility index (Phi) is 4.94. The number of fused-ring (bicyclic) bond motifs is 1. The van der Waals surface area contributed by atoms with E-state index in [0.717, 1.165) is 18.4 Å². The van der Waals surface area contributed by atoms with Crippen molar-refractivity contribution in [3.63, 3.8) is 0 Å². The number of carbonyl (C=O) groups is 2. The molecule has 3 rings (SSSR count). The quantitative estimate of drug-likeness (QED) is 0.862. The Morgan fingerprint density at radius 3 is 2.83 bits per heavy atom. The lowest BCUT2D eigenvalue weighted by molar-refractivity contribution is -0.123. The highest BCUT2D eigenvalue weighted by Crippen LogP contribution is 2.30. The van der Waals surface area contributed by atoms with Crippen LogP contribution in [0.25, 0.3) is 0 Å². The number of nitrogens with one attached hydrogen (secondary N) is 1. The molecular formula is C18H20N2O3S. The summed E-state index contributed by atoms with van der Waals surface area (Å²) < 4.78 is 5.31. The molecule has 1 aliphatic carbocycles. The van der Waals surface area contributed by atoms with Crippen molar-refractivity contribution in [3.05, 3.63) is 45.3 Å². The largest absolute Gasteiger partial charge is 0.448 e. The first-order valence-corrected chi connectivity index (χ1v) is 8.90. The number of rotatable bonds is 4. The van der Waals surface area contributed by atoms with E-state index in [1.807, 2.05) is 19.1 Å². The standard InChI is InChI=1S/C18H20N2O3S/c1-11-7-8-19-16(9-11)20-17(21)12(2)23-18(22)15-10-13-5-3-4-6-14(13)24-15/h7-10,12H,3-6H2,1-2H3,(H,19,20,21). The summed E-state index contributed by atoms with van der Waals surface area (Å²) >= 11 is 1.48. The molecule has 0 bridgehead atoms. The summed E-state index contributed by atoms with van der Waals surface area (Å²) in [6, 6.07) is 5.52. The third kappa shape index (κ3) is 3.82. The molecule has 0 aromatic carbocycles. The van der Waals surface area contributed by atoms with E-state index in [0.29, 0.717) is 10.7 Å². The van der Waals surface area contributed by atoms with Crippen molar-refractivity contribution < 1.29 is 14.3 Å². The predicted octanol–water partition coefficient (Wildman–Crippen LogP) is 3.51. The van der Waals surface area contributed by atoms with E-state index >= 15 is 0 Å². The number of pyridine rings is 1. The van der Waals surface area contributed by atoms with Crippen molar-refractivity contribution in [3.8, 4) is 0 Å². The third-order valence-electron chi connectivity index (χ3n) is 4.02. The molecule has 0 spiro atoms. The number of aromatic nitrogens is 1. The Labute approximate surface area is 145 Å². The maximum absolute atomic E-state index is 12.3. The summed E-state index contributed by atoms with van der Waals surface area (Å²) in [6.07, 6.45) is 5.14. The maximum atomic E-state index is 12.3. The zero-order valence-corrected chi connectivity index (χ0v) is 14.6. The number of ether oxygens (including phenoxy) is 1. The molecule has 0 saturated carbocycles. The number of hydrogen-bond acceptors (Lipinski definition) is 5. The average molecular weight is 344 g/mol. The van der Waals surface area contributed by atoms with E-state index in [1.54, 1.807) is 19.2 Å². The van der Waals surface area contributed by atoms with Crippen LogP contribution in [-0.4, -0.2) is 23.0 Å². The fourth-order valence-electron chi connectivity index (χ4n) is 2.70. The smallest absolute Gasteiger partial charge is 0.349 e. The van der Waals surface area contributed by atoms with Crippen LogP contribution in [0.5, 0.6) is 0 Å². The van der Waals surface area contributed by atoms with Gasteiger partial charge in [-0.2, -0.15) is 0 Å². The van der Waals surface area contributed by atoms with Crippen LogP contribution in [0.2, 0.25) is 0 Å². The van der Waals surface area contributed by atoms with Crippen LogP contribution in [-0.2, 0) is 22.4 Å². The minimum absolute atomic E-state index is 0.386. The highest BCUT2D eigenvalue weighted by Gasteiger charge is 2.23. The van der Waals surface area contributed by atoms with Gasteiger partial charge in [0.1, 0.15) is 10.7 Å². The molecule has 1 atom stereocenters. The first-order chi connectivity index (χ1) is 11.5. The lowest BCUT2D eigenvalue weighted by atomic mass is 9.99. The van der Waals surface area contributed by atoms with Gasteiger partial charge < -0.3 is 10.1 Å². The highest BCUT2D eigenvalue weighted by atomic mass is 32.1. The molecule has 0 saturated heterocycles. The summed E-state index contributed by atoms with van der Waals surface area (Å²) in [5.74, 6) is -0.369. The Morgan fingerprint density at radius 2 is 2.08 bits per heavy atom. The summed E-state index contributed by atoms with van der Waals surface area (Å²) in [5, 5.41) is 2.66. The monoisotopic (exact) mass is 344 g/mol. The molecule has 1 amide bonds. The normalized spacial score (nSPS) is 14.6. The van der Waals surface area contributed by atoms with Crippen molar-refractivity contribution in [2.24, 2.45) is 0 Å². The van der Waals surface area contributed by atoms with Gasteiger partial charge in [-0.05, 0) is 68.9 Å². The van der Waals surface area contributed by atoms with Crippen LogP contribution in [0.4, 0.5) is 5.82 Å². The number of hydrogen-bond donors (Lipinski definition) is 1. The molecule has 1 unspecified atom stereocenters. The van der Waals surface area contributed by atoms with Gasteiger partial charge >= 0.3 is 5.97 Å². The van der Waals surface area contributed by atoms with Gasteiger partial charge in [-0.3, -0.25) is 4.79 Å². The molecule has 2 aromatic rings. The van der Waals surface area contributed by atoms with Gasteiger partial charge in [0, 0.05) is 11.1 Å². The Bertz CT molecular complexity index is 746. The topological polar surface area (TPSA) is 68.3 Å². The second-order valence-corrected chi connectivity index (χ2v) is 7.16. The fraction of sp³-hybridized carbons (Fsp3) is 0.389. The molecule has 5 nitrogen and oxygen atoms in total. The fourth-order valence-corrected chi connectivity index (χ4v) is 3.83. The van der Waals surface area contributed by atoms with Crippen molar-refractivity contribution in [2.75, 3.05) is 5.32 Å². The van der Waals surface area contributed by atoms with E-state index in [9.17, 15) is 9.59 Å². The van der Waals surface area contributed by atoms with Gasteiger partial charge in [-0.15, -0.1) is 11.3 Å². The SMILES string of the molecule is Cc1ccnc(NC(=O)C(C)OC(=O)c2cc3c(s2)CCCC3)c1. The second-order valence-electron chi connectivity index (χ2n) is 6.02. The van der Waals surface area contributed by atoms with E-state index in [1.165, 1.54) is 34.6 Å². The number of carbonyl (C=O) groups excluding carboxylic acids is 2. The van der Waals surface area contributed by atoms with Crippen molar-refractivity contribution in [1.82, 2.24) is 4.98 Å². The molecule has 1 N–H and O–H groups in total. The van der Waals surface area contributed by atoms with E-state index < -0.39 is 12.1 Å². The lowest BCUT2D eigenvalue weighted by Gasteiger charge is -2.12. The molecule has 0 aliphatic heterocycles. The van der Waals surface area contributed by atoms with Crippen molar-refractivity contribution in [1.29, 1.82) is 0 Å². The van der Waals surface area contributed by atoms with Crippen LogP contribution in [0, 0.1) is 6.92 Å². The highest BCUT2D eigenvalue weighted by molar-refractivity contribution is 7.14. The number of nitrogens with zero attached hydrogens (tertiary/aromatic N) is 1. The Hall–Kier alpha value is -2.21. The summed E-state index contributed by atoms with van der Waals surface area (Å²) in [7, 11) is 0. The third-order valence-corrected chi connectivity index (χ3v) is 5.23. The molecule has 126 valence electrons. The molecule has 24 heavy (non-hydrogen) atoms. The number of esters is 1. The van der Waals surface area contributed by atoms with Crippen LogP contribution in [0.1, 0.15) is 45.4 Å². The number of amides is 1. The van der Waals surface area contributed by atoms with E-state index in [4.69, 9.17) is 4.74 Å². The van der Waals surface area contributed by atoms with Crippen LogP contribution >= 0.6 is 11.3 Å². The van der Waals surface area contributed by atoms with Gasteiger partial charge in [0.2, 0.25) is 0 Å². The molecule has 6 heteroatoms. The predicted molar refractivity (Wildman–Crippen MR) is 93.4 cm³/mol. The van der Waals surface area contributed by atoms with Gasteiger partial charge in [0.15, 0.2) is 6.10 Å². The van der Waals surface area contributed by atoms with Crippen molar-refractivity contribution >= 4 is 29.0 Å². The van der Waals surface area contributed by atoms with Gasteiger partial charge in [0.25, 0.3) is 5.91 Å². The average Bonchev–Trinajstić information content (AvgIpc) is 2.99. The van der Waals surface area contributed by atoms with Gasteiger partial charge in [-0.25, -0.2) is 9.78 Å². The second kappa shape index (κ2) is 7.13. The van der Waals surface area contributed by atoms with Crippen molar-refractivity contribution in [2.45, 2.75) is 45.6 Å². The molecule has 2 aromatic heterocycles. The van der Waals surface area contributed by atoms with E-state index in [-0.39, 0.29) is 5.91 Å². The van der Waals surface area contributed by atoms with Gasteiger partial charge in [0.05, 0.1) is 0 Å². The van der Waals surface area contributed by atoms with Gasteiger partial charge in [-0.1, -0.05) is 0 Å². The molecule has 1 aliphatic rings. The number of aryl methyl sites for hydroxylation is 3. The van der Waals surface area contributed by atoms with E-state index in [2.05, 4.69) is 10.3 Å². The summed E-state index contributed by atoms with van der Waals surface area (Å²) in [5.41, 5.74) is 2.24. The number of thiophene rings is 1. The maximum Gasteiger partial charge on any atom is 0.349 e. The Morgan fingerprint density at radius 1 is 1.29 bits per heavy atom. The minimum atomic E-state index is -0.876. The zero-order chi connectivity index (χ0) is 17.1. The van der Waals surface area contributed by atoms with Crippen LogP contribution in [0.3, 0.4) is 0 Å². The minimum Gasteiger partial charge on any atom is -0.448 e.